The molecule has 26 heavy (non-hydrogen) atoms. The Morgan fingerprint density at radius 2 is 1.96 bits per heavy atom. The van der Waals surface area contributed by atoms with Gasteiger partial charge in [0.2, 0.25) is 0 Å². The molecule has 2 aromatic rings. The first-order valence-electron chi connectivity index (χ1n) is 8.18. The highest BCUT2D eigenvalue weighted by atomic mass is 35.5. The molecule has 1 N–H and O–H groups in total. The zero-order chi connectivity index (χ0) is 18.7. The van der Waals surface area contributed by atoms with Gasteiger partial charge in [-0.2, -0.15) is 0 Å². The molecule has 0 radical (unpaired) electrons. The predicted molar refractivity (Wildman–Crippen MR) is 101 cm³/mol. The van der Waals surface area contributed by atoms with Gasteiger partial charge in [0.25, 0.3) is 11.6 Å². The third kappa shape index (κ3) is 3.72. The molecule has 8 heteroatoms. The number of halogens is 1. The molecule has 0 aliphatic carbocycles. The van der Waals surface area contributed by atoms with Gasteiger partial charge in [0, 0.05) is 29.7 Å². The summed E-state index contributed by atoms with van der Waals surface area (Å²) in [6.45, 7) is 1.57. The van der Waals surface area contributed by atoms with Gasteiger partial charge in [0.05, 0.1) is 17.7 Å². The van der Waals surface area contributed by atoms with Crippen molar-refractivity contribution in [1.82, 2.24) is 0 Å². The predicted octanol–water partition coefficient (Wildman–Crippen LogP) is 4.11. The highest BCUT2D eigenvalue weighted by Crippen LogP contribution is 2.33. The number of ether oxygens (including phenoxy) is 1. The van der Waals surface area contributed by atoms with E-state index in [9.17, 15) is 14.9 Å². The second-order valence-corrected chi connectivity index (χ2v) is 6.39. The van der Waals surface area contributed by atoms with E-state index in [0.29, 0.717) is 22.1 Å². The standard InChI is InChI=1S/C18H18ClN3O4/c1-26-17-7-5-13(19)11-14(17)20-18(23)12-4-6-15(16(10-12)22(24)25)21-8-2-3-9-21/h4-7,10-11H,2-3,8-9H2,1H3,(H,20,23). The van der Waals surface area contributed by atoms with E-state index in [1.165, 1.54) is 13.2 Å². The number of carbonyl (C=O) groups excluding carboxylic acids is 1. The van der Waals surface area contributed by atoms with Crippen LogP contribution in [0.5, 0.6) is 5.75 Å². The smallest absolute Gasteiger partial charge is 0.293 e. The van der Waals surface area contributed by atoms with Gasteiger partial charge in [-0.3, -0.25) is 14.9 Å². The SMILES string of the molecule is COc1ccc(Cl)cc1NC(=O)c1ccc(N2CCCC2)c([N+](=O)[O-])c1. The fourth-order valence-electron chi connectivity index (χ4n) is 3.01. The summed E-state index contributed by atoms with van der Waals surface area (Å²) >= 11 is 5.96. The summed E-state index contributed by atoms with van der Waals surface area (Å²) in [5.41, 5.74) is 1.07. The quantitative estimate of drug-likeness (QED) is 0.628. The molecule has 0 saturated carbocycles. The average molecular weight is 376 g/mol. The minimum absolute atomic E-state index is 0.0717. The molecule has 136 valence electrons. The number of nitro benzene ring substituents is 1. The van der Waals surface area contributed by atoms with Crippen molar-refractivity contribution in [1.29, 1.82) is 0 Å². The van der Waals surface area contributed by atoms with Crippen LogP contribution in [-0.2, 0) is 0 Å². The molecule has 0 bridgehead atoms. The second kappa shape index (κ2) is 7.61. The number of nitrogens with zero attached hydrogens (tertiary/aromatic N) is 2. The molecule has 0 spiro atoms. The largest absolute Gasteiger partial charge is 0.495 e. The number of hydrogen-bond acceptors (Lipinski definition) is 5. The number of hydrogen-bond donors (Lipinski definition) is 1. The monoisotopic (exact) mass is 375 g/mol. The van der Waals surface area contributed by atoms with Crippen LogP contribution in [0.2, 0.25) is 5.02 Å². The van der Waals surface area contributed by atoms with E-state index in [1.807, 2.05) is 4.90 Å². The van der Waals surface area contributed by atoms with E-state index >= 15 is 0 Å². The van der Waals surface area contributed by atoms with Crippen LogP contribution in [0.3, 0.4) is 0 Å². The minimum atomic E-state index is -0.471. The lowest BCUT2D eigenvalue weighted by atomic mass is 10.1. The van der Waals surface area contributed by atoms with E-state index in [2.05, 4.69) is 5.32 Å². The molecule has 1 aliphatic rings. The van der Waals surface area contributed by atoms with Crippen LogP contribution in [0.1, 0.15) is 23.2 Å². The lowest BCUT2D eigenvalue weighted by Crippen LogP contribution is -2.20. The number of carbonyl (C=O) groups is 1. The van der Waals surface area contributed by atoms with Gasteiger partial charge in [-0.05, 0) is 43.2 Å². The van der Waals surface area contributed by atoms with Gasteiger partial charge < -0.3 is 15.0 Å². The summed E-state index contributed by atoms with van der Waals surface area (Å²) in [7, 11) is 1.48. The normalized spacial score (nSPS) is 13.5. The van der Waals surface area contributed by atoms with Crippen LogP contribution in [0.15, 0.2) is 36.4 Å². The van der Waals surface area contributed by atoms with E-state index in [4.69, 9.17) is 16.3 Å². The Hall–Kier alpha value is -2.80. The first-order chi connectivity index (χ1) is 12.5. The van der Waals surface area contributed by atoms with Gasteiger partial charge >= 0.3 is 0 Å². The molecule has 7 nitrogen and oxygen atoms in total. The summed E-state index contributed by atoms with van der Waals surface area (Å²) in [6, 6.07) is 9.37. The van der Waals surface area contributed by atoms with E-state index in [0.717, 1.165) is 25.9 Å². The average Bonchev–Trinajstić information content (AvgIpc) is 3.16. The molecule has 0 atom stereocenters. The fourth-order valence-corrected chi connectivity index (χ4v) is 3.18. The van der Waals surface area contributed by atoms with Crippen molar-refractivity contribution < 1.29 is 14.5 Å². The van der Waals surface area contributed by atoms with Crippen molar-refractivity contribution in [2.24, 2.45) is 0 Å². The van der Waals surface area contributed by atoms with Gasteiger partial charge in [-0.15, -0.1) is 0 Å². The maximum Gasteiger partial charge on any atom is 0.293 e. The second-order valence-electron chi connectivity index (χ2n) is 5.95. The Balaban J connectivity index is 1.89. The van der Waals surface area contributed by atoms with Crippen molar-refractivity contribution in [3.05, 3.63) is 57.1 Å². The van der Waals surface area contributed by atoms with Crippen LogP contribution >= 0.6 is 11.6 Å². The van der Waals surface area contributed by atoms with Gasteiger partial charge in [0.1, 0.15) is 11.4 Å². The maximum atomic E-state index is 12.6. The van der Waals surface area contributed by atoms with Crippen molar-refractivity contribution in [3.63, 3.8) is 0 Å². The van der Waals surface area contributed by atoms with E-state index < -0.39 is 10.8 Å². The van der Waals surface area contributed by atoms with Crippen LogP contribution in [0.4, 0.5) is 17.1 Å². The first-order valence-corrected chi connectivity index (χ1v) is 8.55. The number of methoxy groups -OCH3 is 1. The van der Waals surface area contributed by atoms with Crippen molar-refractivity contribution >= 4 is 34.6 Å². The number of rotatable bonds is 5. The topological polar surface area (TPSA) is 84.7 Å². The van der Waals surface area contributed by atoms with Gasteiger partial charge in [0.15, 0.2) is 0 Å². The fraction of sp³-hybridized carbons (Fsp3) is 0.278. The lowest BCUT2D eigenvalue weighted by molar-refractivity contribution is -0.384. The van der Waals surface area contributed by atoms with Gasteiger partial charge in [-0.25, -0.2) is 0 Å². The molecule has 1 heterocycles. The molecule has 1 fully saturated rings. The highest BCUT2D eigenvalue weighted by Gasteiger charge is 2.24. The summed E-state index contributed by atoms with van der Waals surface area (Å²) in [5, 5.41) is 14.6. The number of nitrogens with one attached hydrogen (secondary N) is 1. The van der Waals surface area contributed by atoms with E-state index in [-0.39, 0.29) is 11.3 Å². The third-order valence-corrected chi connectivity index (χ3v) is 4.53. The summed E-state index contributed by atoms with van der Waals surface area (Å²) < 4.78 is 5.20. The molecule has 1 aliphatic heterocycles. The zero-order valence-corrected chi connectivity index (χ0v) is 15.0. The van der Waals surface area contributed by atoms with Crippen molar-refractivity contribution in [3.8, 4) is 5.75 Å². The third-order valence-electron chi connectivity index (χ3n) is 4.29. The Morgan fingerprint density at radius 3 is 2.62 bits per heavy atom. The molecular formula is C18H18ClN3O4. The number of nitro groups is 1. The maximum absolute atomic E-state index is 12.6. The van der Waals surface area contributed by atoms with E-state index in [1.54, 1.807) is 30.3 Å². The first kappa shape index (κ1) is 18.0. The van der Waals surface area contributed by atoms with Crippen LogP contribution in [-0.4, -0.2) is 31.0 Å². The summed E-state index contributed by atoms with van der Waals surface area (Å²) in [5.74, 6) is -0.0208. The summed E-state index contributed by atoms with van der Waals surface area (Å²) in [6.07, 6.45) is 2.02. The Labute approximate surface area is 155 Å². The number of amides is 1. The zero-order valence-electron chi connectivity index (χ0n) is 14.2. The Bertz CT molecular complexity index is 850. The molecule has 3 rings (SSSR count). The molecular weight excluding hydrogens is 358 g/mol. The molecule has 0 unspecified atom stereocenters. The Kier molecular flexibility index (Phi) is 5.27. The number of benzene rings is 2. The molecule has 2 aromatic carbocycles. The summed E-state index contributed by atoms with van der Waals surface area (Å²) in [4.78, 5) is 25.5. The lowest BCUT2D eigenvalue weighted by Gasteiger charge is -2.18. The van der Waals surface area contributed by atoms with Crippen molar-refractivity contribution in [2.45, 2.75) is 12.8 Å². The van der Waals surface area contributed by atoms with Crippen LogP contribution in [0, 0.1) is 10.1 Å². The Morgan fingerprint density at radius 1 is 1.23 bits per heavy atom. The molecule has 1 amide bonds. The highest BCUT2D eigenvalue weighted by molar-refractivity contribution is 6.31. The van der Waals surface area contributed by atoms with Crippen LogP contribution < -0.4 is 15.0 Å². The number of anilines is 2. The molecule has 1 saturated heterocycles. The molecule has 0 aromatic heterocycles. The van der Waals surface area contributed by atoms with Crippen LogP contribution in [0.25, 0.3) is 0 Å². The minimum Gasteiger partial charge on any atom is -0.495 e. The van der Waals surface area contributed by atoms with Crippen molar-refractivity contribution in [2.75, 3.05) is 30.4 Å². The van der Waals surface area contributed by atoms with Gasteiger partial charge in [-0.1, -0.05) is 11.6 Å².